The number of aromatic nitrogens is 1. The topological polar surface area (TPSA) is 60.5 Å². The third kappa shape index (κ3) is 3.14. The summed E-state index contributed by atoms with van der Waals surface area (Å²) in [4.78, 5) is 4.09. The number of hydrogen-bond donors (Lipinski definition) is 0. The second-order valence-corrected chi connectivity index (χ2v) is 3.32. The molecule has 0 aliphatic heterocycles. The molecule has 19 heavy (non-hydrogen) atoms. The molecule has 0 radical (unpaired) electrons. The van der Waals surface area contributed by atoms with Crippen LogP contribution in [-0.4, -0.2) is 4.98 Å². The van der Waals surface area contributed by atoms with Crippen molar-refractivity contribution in [2.45, 2.75) is 13.8 Å². The zero-order valence-corrected chi connectivity index (χ0v) is 10.7. The molecule has 0 N–H and O–H groups in total. The van der Waals surface area contributed by atoms with Gasteiger partial charge in [0.2, 0.25) is 0 Å². The Balaban J connectivity index is 0.000000861. The summed E-state index contributed by atoms with van der Waals surface area (Å²) in [5, 5.41) is 17.6. The van der Waals surface area contributed by atoms with Crippen molar-refractivity contribution in [3.8, 4) is 23.4 Å². The molecular weight excluding hydrogens is 241 g/mol. The van der Waals surface area contributed by atoms with Crippen molar-refractivity contribution >= 4 is 0 Å². The van der Waals surface area contributed by atoms with Gasteiger partial charge in [-0.25, -0.2) is 4.39 Å². The van der Waals surface area contributed by atoms with Gasteiger partial charge in [0, 0.05) is 11.8 Å². The number of nitrogens with zero attached hydrogens (tertiary/aromatic N) is 3. The molecule has 0 saturated carbocycles. The molecule has 3 nitrogen and oxygen atoms in total. The number of benzene rings is 1. The van der Waals surface area contributed by atoms with E-state index in [4.69, 9.17) is 10.5 Å². The summed E-state index contributed by atoms with van der Waals surface area (Å²) in [6.07, 6.45) is 1.59. The van der Waals surface area contributed by atoms with Gasteiger partial charge in [-0.3, -0.25) is 4.98 Å². The second-order valence-electron chi connectivity index (χ2n) is 3.32. The lowest BCUT2D eigenvalue weighted by Crippen LogP contribution is -1.92. The highest BCUT2D eigenvalue weighted by Gasteiger charge is 2.11. The summed E-state index contributed by atoms with van der Waals surface area (Å²) in [6, 6.07) is 11.5. The minimum Gasteiger partial charge on any atom is -0.256 e. The number of rotatable bonds is 1. The molecule has 0 aliphatic carbocycles. The van der Waals surface area contributed by atoms with Gasteiger partial charge in [0.1, 0.15) is 12.1 Å². The molecule has 0 unspecified atom stereocenters. The van der Waals surface area contributed by atoms with Gasteiger partial charge in [0.25, 0.3) is 0 Å². The van der Waals surface area contributed by atoms with Crippen LogP contribution in [0, 0.1) is 28.5 Å². The third-order valence-corrected chi connectivity index (χ3v) is 2.27. The molecule has 2 aromatic rings. The van der Waals surface area contributed by atoms with Gasteiger partial charge in [0.15, 0.2) is 5.82 Å². The molecule has 94 valence electrons. The van der Waals surface area contributed by atoms with Crippen LogP contribution in [0.25, 0.3) is 11.3 Å². The van der Waals surface area contributed by atoms with E-state index in [9.17, 15) is 4.39 Å². The van der Waals surface area contributed by atoms with Gasteiger partial charge in [-0.05, 0) is 24.3 Å². The lowest BCUT2D eigenvalue weighted by molar-refractivity contribution is 0.620. The maximum atomic E-state index is 13.5. The highest BCUT2D eigenvalue weighted by atomic mass is 19.1. The molecular formula is C15H12FN3. The predicted octanol–water partition coefficient (Wildman–Crippen LogP) is 3.66. The highest BCUT2D eigenvalue weighted by Crippen LogP contribution is 2.22. The molecule has 0 saturated heterocycles. The first-order valence-electron chi connectivity index (χ1n) is 5.81. The molecule has 0 fully saturated rings. The summed E-state index contributed by atoms with van der Waals surface area (Å²) < 4.78 is 13.5. The highest BCUT2D eigenvalue weighted by molar-refractivity contribution is 5.64. The fraction of sp³-hybridized carbons (Fsp3) is 0.133. The third-order valence-electron chi connectivity index (χ3n) is 2.27. The van der Waals surface area contributed by atoms with Gasteiger partial charge in [-0.15, -0.1) is 0 Å². The largest absolute Gasteiger partial charge is 0.256 e. The maximum absolute atomic E-state index is 13.5. The Morgan fingerprint density at radius 1 is 1.05 bits per heavy atom. The van der Waals surface area contributed by atoms with Crippen molar-refractivity contribution in [2.24, 2.45) is 0 Å². The smallest absolute Gasteiger partial charge is 0.158 e. The quantitative estimate of drug-likeness (QED) is 0.779. The molecule has 2 rings (SSSR count). The number of nitriles is 2. The normalized spacial score (nSPS) is 8.68. The minimum absolute atomic E-state index is 0.148. The van der Waals surface area contributed by atoms with Gasteiger partial charge in [-0.2, -0.15) is 10.5 Å². The molecule has 4 heteroatoms. The fourth-order valence-electron chi connectivity index (χ4n) is 1.47. The van der Waals surface area contributed by atoms with Crippen molar-refractivity contribution in [3.05, 3.63) is 53.5 Å². The maximum Gasteiger partial charge on any atom is 0.158 e. The predicted molar refractivity (Wildman–Crippen MR) is 70.4 cm³/mol. The second kappa shape index (κ2) is 6.88. The monoisotopic (exact) mass is 253 g/mol. The van der Waals surface area contributed by atoms with Crippen LogP contribution in [-0.2, 0) is 0 Å². The standard InChI is InChI=1S/C13H6FN3.C2H6/c14-13-10(7-15)5-9(6-11(13)8-16)12-3-1-2-4-17-12;1-2/h1-6H;1-2H3. The van der Waals surface area contributed by atoms with Crippen LogP contribution in [0.2, 0.25) is 0 Å². The first kappa shape index (κ1) is 14.3. The Bertz CT molecular complexity index is 602. The van der Waals surface area contributed by atoms with Crippen LogP contribution in [0.5, 0.6) is 0 Å². The molecule has 0 bridgehead atoms. The van der Waals surface area contributed by atoms with Gasteiger partial charge in [0.05, 0.1) is 16.8 Å². The van der Waals surface area contributed by atoms with Crippen LogP contribution >= 0.6 is 0 Å². The van der Waals surface area contributed by atoms with Crippen LogP contribution in [0.3, 0.4) is 0 Å². The van der Waals surface area contributed by atoms with E-state index in [1.807, 2.05) is 13.8 Å². The van der Waals surface area contributed by atoms with Crippen molar-refractivity contribution in [1.82, 2.24) is 4.98 Å². The number of hydrogen-bond acceptors (Lipinski definition) is 3. The lowest BCUT2D eigenvalue weighted by Gasteiger charge is -2.03. The summed E-state index contributed by atoms with van der Waals surface area (Å²) in [6.45, 7) is 4.00. The number of halogens is 1. The molecule has 1 aromatic heterocycles. The Morgan fingerprint density at radius 2 is 1.63 bits per heavy atom. The number of pyridine rings is 1. The van der Waals surface area contributed by atoms with Gasteiger partial charge >= 0.3 is 0 Å². The summed E-state index contributed by atoms with van der Waals surface area (Å²) in [5.74, 6) is -0.783. The molecule has 1 aromatic carbocycles. The van der Waals surface area contributed by atoms with Crippen molar-refractivity contribution < 1.29 is 4.39 Å². The Morgan fingerprint density at radius 3 is 2.05 bits per heavy atom. The van der Waals surface area contributed by atoms with E-state index in [-0.39, 0.29) is 11.1 Å². The lowest BCUT2D eigenvalue weighted by atomic mass is 10.0. The van der Waals surface area contributed by atoms with Crippen molar-refractivity contribution in [1.29, 1.82) is 10.5 Å². The van der Waals surface area contributed by atoms with E-state index in [2.05, 4.69) is 4.98 Å². The molecule has 0 aliphatic rings. The molecule has 0 spiro atoms. The SMILES string of the molecule is CC.N#Cc1cc(-c2ccccn2)cc(C#N)c1F. The average Bonchev–Trinajstić information content (AvgIpc) is 2.50. The zero-order chi connectivity index (χ0) is 14.3. The Kier molecular flexibility index (Phi) is 5.19. The van der Waals surface area contributed by atoms with Crippen LogP contribution in [0.1, 0.15) is 25.0 Å². The van der Waals surface area contributed by atoms with Crippen LogP contribution in [0.4, 0.5) is 4.39 Å². The Labute approximate surface area is 111 Å². The van der Waals surface area contributed by atoms with Crippen molar-refractivity contribution in [2.75, 3.05) is 0 Å². The molecule has 1 heterocycles. The first-order chi connectivity index (χ1) is 9.26. The van der Waals surface area contributed by atoms with Gasteiger partial charge in [-0.1, -0.05) is 19.9 Å². The fourth-order valence-corrected chi connectivity index (χ4v) is 1.47. The van der Waals surface area contributed by atoms with Crippen LogP contribution in [0.15, 0.2) is 36.5 Å². The average molecular weight is 253 g/mol. The molecule has 0 amide bonds. The van der Waals surface area contributed by atoms with E-state index in [1.54, 1.807) is 36.5 Å². The van der Waals surface area contributed by atoms with E-state index < -0.39 is 5.82 Å². The van der Waals surface area contributed by atoms with Crippen molar-refractivity contribution in [3.63, 3.8) is 0 Å². The van der Waals surface area contributed by atoms with E-state index in [0.29, 0.717) is 11.3 Å². The Hall–Kier alpha value is -2.72. The van der Waals surface area contributed by atoms with E-state index in [0.717, 1.165) is 0 Å². The zero-order valence-electron chi connectivity index (χ0n) is 10.7. The summed E-state index contributed by atoms with van der Waals surface area (Å²) in [5.41, 5.74) is 0.856. The minimum atomic E-state index is -0.783. The van der Waals surface area contributed by atoms with Crippen LogP contribution < -0.4 is 0 Å². The van der Waals surface area contributed by atoms with E-state index >= 15 is 0 Å². The summed E-state index contributed by atoms with van der Waals surface area (Å²) in [7, 11) is 0. The van der Waals surface area contributed by atoms with E-state index in [1.165, 1.54) is 12.1 Å². The first-order valence-corrected chi connectivity index (χ1v) is 5.81. The summed E-state index contributed by atoms with van der Waals surface area (Å²) >= 11 is 0. The molecule has 0 atom stereocenters. The van der Waals surface area contributed by atoms with Gasteiger partial charge < -0.3 is 0 Å².